The number of hydrogen-bond donors (Lipinski definition) is 0. The van der Waals surface area contributed by atoms with Gasteiger partial charge in [-0.2, -0.15) is 0 Å². The van der Waals surface area contributed by atoms with Crippen molar-refractivity contribution in [3.8, 4) is 73.2 Å². The molecule has 8 aromatic carbocycles. The maximum Gasteiger partial charge on any atom is 0.164 e. The molecule has 0 N–H and O–H groups in total. The number of hydrogen-bond acceptors (Lipinski definition) is 3. The highest BCUT2D eigenvalue weighted by Crippen LogP contribution is 2.38. The summed E-state index contributed by atoms with van der Waals surface area (Å²) in [5.41, 5.74) is 10.9. The molecule has 2 aromatic heterocycles. The molecule has 0 saturated heterocycles. The molecule has 2 heterocycles. The second-order valence-corrected chi connectivity index (χ2v) is 13.4. The van der Waals surface area contributed by atoms with Crippen LogP contribution >= 0.6 is 0 Å². The minimum absolute atomic E-state index is 0.0678. The predicted octanol–water partition coefficient (Wildman–Crippen LogP) is 13.0. The van der Waals surface area contributed by atoms with Crippen LogP contribution in [0.25, 0.3) is 95.0 Å². The molecule has 0 unspecified atom stereocenters. The van der Waals surface area contributed by atoms with Gasteiger partial charge in [0.15, 0.2) is 17.5 Å². The molecule has 4 nitrogen and oxygen atoms in total. The molecule has 55 heavy (non-hydrogen) atoms. The Bertz CT molecular complexity index is 3170. The minimum Gasteiger partial charge on any atom is -0.309 e. The van der Waals surface area contributed by atoms with E-state index >= 15 is 0 Å². The molecular weight excluding hydrogens is 669 g/mol. The molecule has 0 aliphatic carbocycles. The number of nitrogens with zero attached hydrogens (tertiary/aromatic N) is 4. The summed E-state index contributed by atoms with van der Waals surface area (Å²) in [4.78, 5) is 14.9. The third-order valence-corrected chi connectivity index (χ3v) is 10.0. The molecule has 0 radical (unpaired) electrons. The fourth-order valence-corrected chi connectivity index (χ4v) is 7.31. The van der Waals surface area contributed by atoms with E-state index in [2.05, 4.69) is 54.6 Å². The molecule has 0 aliphatic heterocycles. The van der Waals surface area contributed by atoms with Crippen molar-refractivity contribution in [1.82, 2.24) is 19.5 Å². The monoisotopic (exact) mass is 706 g/mol. The highest BCUT2D eigenvalue weighted by atomic mass is 15.0. The summed E-state index contributed by atoms with van der Waals surface area (Å²) in [6.45, 7) is 0. The van der Waals surface area contributed by atoms with Crippen molar-refractivity contribution in [2.75, 3.05) is 0 Å². The maximum atomic E-state index is 9.12. The van der Waals surface area contributed by atoms with Gasteiger partial charge in [-0.05, 0) is 69.8 Å². The lowest BCUT2D eigenvalue weighted by Crippen LogP contribution is -2.00. The zero-order valence-corrected chi connectivity index (χ0v) is 29.6. The predicted molar refractivity (Wildman–Crippen MR) is 227 cm³/mol. The Hall–Kier alpha value is -7.43. The van der Waals surface area contributed by atoms with Gasteiger partial charge in [-0.15, -0.1) is 0 Å². The van der Waals surface area contributed by atoms with E-state index < -0.39 is 0 Å². The van der Waals surface area contributed by atoms with E-state index in [0.717, 1.165) is 66.7 Å². The van der Waals surface area contributed by atoms with E-state index in [9.17, 15) is 0 Å². The first-order valence-electron chi connectivity index (χ1n) is 20.2. The van der Waals surface area contributed by atoms with Gasteiger partial charge in [0.1, 0.15) is 0 Å². The number of fused-ring (bicyclic) bond motifs is 3. The maximum absolute atomic E-state index is 9.12. The average Bonchev–Trinajstić information content (AvgIpc) is 3.66. The summed E-state index contributed by atoms with van der Waals surface area (Å²) < 4.78 is 37.3. The molecule has 10 rings (SSSR count). The Morgan fingerprint density at radius 1 is 0.345 bits per heavy atom. The van der Waals surface area contributed by atoms with Crippen LogP contribution in [0.4, 0.5) is 0 Å². The van der Waals surface area contributed by atoms with Crippen LogP contribution in [0, 0.1) is 0 Å². The Morgan fingerprint density at radius 2 is 0.782 bits per heavy atom. The number of benzene rings is 8. The van der Waals surface area contributed by atoms with E-state index in [1.54, 1.807) is 0 Å². The standard InChI is InChI=1S/C51H34N4/c1-4-14-35(15-5-1)36-24-26-39(27-25-36)50-52-49(38-18-8-3-9-19-38)53-51(54-50)40-28-31-42(32-29-40)55-47-23-13-12-22-45(47)46-33-30-41(34-48(46)55)44-21-11-10-20-43(44)37-16-6-2-7-17-37/h1-34H/i12D,13D,22D,23D. The second kappa shape index (κ2) is 13.8. The van der Waals surface area contributed by atoms with Gasteiger partial charge >= 0.3 is 0 Å². The molecule has 258 valence electrons. The van der Waals surface area contributed by atoms with Gasteiger partial charge in [0.25, 0.3) is 0 Å². The number of para-hydroxylation sites is 1. The zero-order chi connectivity index (χ0) is 40.0. The van der Waals surface area contributed by atoms with Crippen molar-refractivity contribution in [3.63, 3.8) is 0 Å². The zero-order valence-electron chi connectivity index (χ0n) is 33.6. The van der Waals surface area contributed by atoms with Gasteiger partial charge in [-0.3, -0.25) is 0 Å². The molecule has 0 aliphatic rings. The van der Waals surface area contributed by atoms with Gasteiger partial charge in [-0.25, -0.2) is 15.0 Å². The highest BCUT2D eigenvalue weighted by molar-refractivity contribution is 6.10. The van der Waals surface area contributed by atoms with Crippen LogP contribution in [0.5, 0.6) is 0 Å². The Balaban J connectivity index is 1.12. The lowest BCUT2D eigenvalue weighted by molar-refractivity contribution is 1.07. The number of rotatable bonds is 7. The fraction of sp³-hybridized carbons (Fsp3) is 0. The first-order valence-corrected chi connectivity index (χ1v) is 18.2. The van der Waals surface area contributed by atoms with Crippen LogP contribution in [0.1, 0.15) is 5.48 Å². The smallest absolute Gasteiger partial charge is 0.164 e. The normalized spacial score (nSPS) is 12.3. The van der Waals surface area contributed by atoms with Crippen molar-refractivity contribution in [2.45, 2.75) is 0 Å². The van der Waals surface area contributed by atoms with Gasteiger partial charge < -0.3 is 4.57 Å². The van der Waals surface area contributed by atoms with E-state index in [-0.39, 0.29) is 24.2 Å². The molecule has 0 bridgehead atoms. The van der Waals surface area contributed by atoms with Crippen LogP contribution < -0.4 is 0 Å². The largest absolute Gasteiger partial charge is 0.309 e. The quantitative estimate of drug-likeness (QED) is 0.166. The Morgan fingerprint density at radius 3 is 1.40 bits per heavy atom. The van der Waals surface area contributed by atoms with Crippen LogP contribution in [-0.4, -0.2) is 19.5 Å². The molecule has 10 aromatic rings. The molecule has 0 amide bonds. The third-order valence-electron chi connectivity index (χ3n) is 10.0. The molecule has 4 heteroatoms. The lowest BCUT2D eigenvalue weighted by Gasteiger charge is -2.13. The average molecular weight is 707 g/mol. The highest BCUT2D eigenvalue weighted by Gasteiger charge is 2.17. The van der Waals surface area contributed by atoms with Crippen LogP contribution in [0.3, 0.4) is 0 Å². The number of aromatic nitrogens is 4. The summed E-state index contributed by atoms with van der Waals surface area (Å²) in [6.07, 6.45) is 0. The van der Waals surface area contributed by atoms with E-state index in [4.69, 9.17) is 20.4 Å². The van der Waals surface area contributed by atoms with Crippen molar-refractivity contribution >= 4 is 21.8 Å². The van der Waals surface area contributed by atoms with Gasteiger partial charge in [0.05, 0.1) is 16.5 Å². The van der Waals surface area contributed by atoms with Crippen molar-refractivity contribution < 1.29 is 5.48 Å². The van der Waals surface area contributed by atoms with Crippen LogP contribution in [0.2, 0.25) is 0 Å². The molecular formula is C51H34N4. The van der Waals surface area contributed by atoms with E-state index in [1.807, 2.05) is 132 Å². The van der Waals surface area contributed by atoms with Crippen molar-refractivity contribution in [3.05, 3.63) is 206 Å². The third kappa shape index (κ3) is 6.06. The van der Waals surface area contributed by atoms with Gasteiger partial charge in [0.2, 0.25) is 0 Å². The summed E-state index contributed by atoms with van der Waals surface area (Å²) in [7, 11) is 0. The van der Waals surface area contributed by atoms with Crippen LogP contribution in [-0.2, 0) is 0 Å². The molecule has 0 atom stereocenters. The topological polar surface area (TPSA) is 43.6 Å². The Kier molecular flexibility index (Phi) is 7.08. The summed E-state index contributed by atoms with van der Waals surface area (Å²) >= 11 is 0. The molecule has 0 fully saturated rings. The first-order chi connectivity index (χ1) is 28.9. The van der Waals surface area contributed by atoms with Gasteiger partial charge in [-0.1, -0.05) is 170 Å². The van der Waals surface area contributed by atoms with Crippen molar-refractivity contribution in [2.24, 2.45) is 0 Å². The first kappa shape index (κ1) is 28.1. The fourth-order valence-electron chi connectivity index (χ4n) is 7.31. The Labute approximate surface area is 325 Å². The minimum atomic E-state index is -0.277. The molecule has 0 spiro atoms. The second-order valence-electron chi connectivity index (χ2n) is 13.4. The summed E-state index contributed by atoms with van der Waals surface area (Å²) in [5.74, 6) is 1.62. The summed E-state index contributed by atoms with van der Waals surface area (Å²) in [6, 6.07) is 60.1. The lowest BCUT2D eigenvalue weighted by atomic mass is 9.94. The molecule has 0 saturated carbocycles. The summed E-state index contributed by atoms with van der Waals surface area (Å²) in [5, 5.41) is 1.22. The van der Waals surface area contributed by atoms with E-state index in [1.165, 1.54) is 0 Å². The van der Waals surface area contributed by atoms with Crippen molar-refractivity contribution in [1.29, 1.82) is 0 Å². The van der Waals surface area contributed by atoms with Gasteiger partial charge in [0, 0.05) is 33.2 Å². The SMILES string of the molecule is [2H]c1c([2H])c([2H])c2c(c1[2H])c1ccc(-c3ccccc3-c3ccccc3)cc1n2-c1ccc(-c2nc(-c3ccccc3)nc(-c3ccc(-c4ccccc4)cc3)n2)cc1. The van der Waals surface area contributed by atoms with Crippen LogP contribution in [0.15, 0.2) is 206 Å². The van der Waals surface area contributed by atoms with E-state index in [0.29, 0.717) is 28.4 Å².